The molecule has 0 aromatic heterocycles. The molecule has 1 fully saturated rings. The number of anilines is 2. The lowest BCUT2D eigenvalue weighted by Gasteiger charge is -2.38. The number of halogens is 1. The molecule has 0 unspecified atom stereocenters. The Morgan fingerprint density at radius 3 is 2.12 bits per heavy atom. The molecule has 2 N–H and O–H groups in total. The Kier molecular flexibility index (Phi) is 5.03. The van der Waals surface area contributed by atoms with Crippen molar-refractivity contribution in [1.29, 1.82) is 0 Å². The number of primary sulfonamides is 1. The van der Waals surface area contributed by atoms with Gasteiger partial charge in [-0.2, -0.15) is 0 Å². The fraction of sp³-hybridized carbons (Fsp3) is 0.250. The van der Waals surface area contributed by atoms with Gasteiger partial charge in [0.25, 0.3) is 5.69 Å². The van der Waals surface area contributed by atoms with Crippen LogP contribution in [0.3, 0.4) is 0 Å². The molecule has 0 saturated carbocycles. The van der Waals surface area contributed by atoms with Gasteiger partial charge in [0, 0.05) is 38.3 Å². The number of hydrogen-bond acceptors (Lipinski definition) is 6. The summed E-state index contributed by atoms with van der Waals surface area (Å²) in [5.41, 5.74) is 0.973. The quantitative estimate of drug-likeness (QED) is 0.626. The summed E-state index contributed by atoms with van der Waals surface area (Å²) >= 11 is 6.23. The summed E-state index contributed by atoms with van der Waals surface area (Å²) in [5, 5.41) is 17.0. The smallest absolute Gasteiger partial charge is 0.271 e. The summed E-state index contributed by atoms with van der Waals surface area (Å²) in [7, 11) is -4.00. The number of hydrogen-bond donors (Lipinski definition) is 1. The maximum Gasteiger partial charge on any atom is 0.271 e. The van der Waals surface area contributed by atoms with Crippen LogP contribution in [-0.4, -0.2) is 39.5 Å². The Morgan fingerprint density at radius 1 is 1.00 bits per heavy atom. The normalized spacial score (nSPS) is 15.2. The first-order valence-corrected chi connectivity index (χ1v) is 9.75. The SMILES string of the molecule is NS(=O)(=O)c1ccc([N+](=O)[O-])cc1N1CCN(c2ccccc2Cl)CC1. The number of benzene rings is 2. The Labute approximate surface area is 156 Å². The second-order valence-corrected chi connectivity index (χ2v) is 7.82. The number of nitro benzene ring substituents is 1. The van der Waals surface area contributed by atoms with Gasteiger partial charge >= 0.3 is 0 Å². The van der Waals surface area contributed by atoms with Crippen LogP contribution in [0, 0.1) is 10.1 Å². The van der Waals surface area contributed by atoms with Gasteiger partial charge in [0.05, 0.1) is 21.3 Å². The van der Waals surface area contributed by atoms with E-state index in [9.17, 15) is 18.5 Å². The predicted octanol–water partition coefficient (Wildman–Crippen LogP) is 2.22. The molecule has 1 aliphatic heterocycles. The fourth-order valence-electron chi connectivity index (χ4n) is 3.00. The topological polar surface area (TPSA) is 110 Å². The third-order valence-corrected chi connectivity index (χ3v) is 5.55. The van der Waals surface area contributed by atoms with Crippen LogP contribution in [0.1, 0.15) is 0 Å². The predicted molar refractivity (Wildman–Crippen MR) is 100 cm³/mol. The largest absolute Gasteiger partial charge is 0.367 e. The number of nitrogens with two attached hydrogens (primary N) is 1. The molecule has 1 heterocycles. The van der Waals surface area contributed by atoms with E-state index in [4.69, 9.17) is 16.7 Å². The van der Waals surface area contributed by atoms with E-state index < -0.39 is 14.9 Å². The van der Waals surface area contributed by atoms with Crippen molar-refractivity contribution in [2.24, 2.45) is 5.14 Å². The summed E-state index contributed by atoms with van der Waals surface area (Å²) in [6.07, 6.45) is 0. The molecule has 3 rings (SSSR count). The average Bonchev–Trinajstić information content (AvgIpc) is 2.61. The van der Waals surface area contributed by atoms with Crippen molar-refractivity contribution in [3.8, 4) is 0 Å². The fourth-order valence-corrected chi connectivity index (χ4v) is 4.00. The highest BCUT2D eigenvalue weighted by Crippen LogP contribution is 2.31. The molecule has 10 heteroatoms. The summed E-state index contributed by atoms with van der Waals surface area (Å²) in [6, 6.07) is 11.1. The number of piperazine rings is 1. The maximum absolute atomic E-state index is 11.9. The van der Waals surface area contributed by atoms with E-state index in [0.29, 0.717) is 31.2 Å². The molecule has 0 amide bonds. The Morgan fingerprint density at radius 2 is 1.58 bits per heavy atom. The Balaban J connectivity index is 1.88. The zero-order valence-electron chi connectivity index (χ0n) is 13.7. The Hall–Kier alpha value is -2.36. The molecule has 1 aliphatic rings. The van der Waals surface area contributed by atoms with Crippen molar-refractivity contribution >= 4 is 38.7 Å². The van der Waals surface area contributed by atoms with Gasteiger partial charge < -0.3 is 9.80 Å². The monoisotopic (exact) mass is 396 g/mol. The molecule has 2 aromatic carbocycles. The van der Waals surface area contributed by atoms with E-state index in [2.05, 4.69) is 4.90 Å². The first kappa shape index (κ1) is 18.4. The maximum atomic E-state index is 11.9. The van der Waals surface area contributed by atoms with Crippen LogP contribution >= 0.6 is 11.6 Å². The minimum atomic E-state index is -4.00. The van der Waals surface area contributed by atoms with Crippen LogP contribution in [0.15, 0.2) is 47.4 Å². The first-order chi connectivity index (χ1) is 12.3. The van der Waals surface area contributed by atoms with Gasteiger partial charge in [0.2, 0.25) is 10.0 Å². The van der Waals surface area contributed by atoms with Gasteiger partial charge in [-0.05, 0) is 18.2 Å². The third kappa shape index (κ3) is 3.74. The Bertz CT molecular complexity index is 943. The number of rotatable bonds is 4. The second-order valence-electron chi connectivity index (χ2n) is 5.88. The van der Waals surface area contributed by atoms with Crippen molar-refractivity contribution in [2.75, 3.05) is 36.0 Å². The zero-order chi connectivity index (χ0) is 18.9. The van der Waals surface area contributed by atoms with E-state index in [1.54, 1.807) is 4.90 Å². The standard InChI is InChI=1S/C16H17ClN4O4S/c17-13-3-1-2-4-14(13)19-7-9-20(10-8-19)15-11-12(21(22)23)5-6-16(15)26(18,24)25/h1-6,11H,7-10H2,(H2,18,24,25). The van der Waals surface area contributed by atoms with E-state index in [-0.39, 0.29) is 16.3 Å². The minimum absolute atomic E-state index is 0.116. The van der Waals surface area contributed by atoms with E-state index >= 15 is 0 Å². The van der Waals surface area contributed by atoms with Crippen molar-refractivity contribution in [2.45, 2.75) is 4.90 Å². The molecular formula is C16H17ClN4O4S. The van der Waals surface area contributed by atoms with Crippen LogP contribution in [0.2, 0.25) is 5.02 Å². The van der Waals surface area contributed by atoms with Crippen molar-refractivity contribution in [3.63, 3.8) is 0 Å². The average molecular weight is 397 g/mol. The highest BCUT2D eigenvalue weighted by atomic mass is 35.5. The molecule has 8 nitrogen and oxygen atoms in total. The third-order valence-electron chi connectivity index (χ3n) is 4.27. The van der Waals surface area contributed by atoms with Crippen LogP contribution in [-0.2, 0) is 10.0 Å². The minimum Gasteiger partial charge on any atom is -0.367 e. The number of nitrogens with zero attached hydrogens (tertiary/aromatic N) is 3. The molecule has 0 aliphatic carbocycles. The molecule has 0 bridgehead atoms. The van der Waals surface area contributed by atoms with E-state index in [1.165, 1.54) is 12.1 Å². The summed E-state index contributed by atoms with van der Waals surface area (Å²) in [6.45, 7) is 2.15. The molecule has 1 saturated heterocycles. The van der Waals surface area contributed by atoms with Gasteiger partial charge in [-0.25, -0.2) is 13.6 Å². The van der Waals surface area contributed by atoms with Gasteiger partial charge in [-0.3, -0.25) is 10.1 Å². The van der Waals surface area contributed by atoms with Crippen LogP contribution in [0.5, 0.6) is 0 Å². The van der Waals surface area contributed by atoms with E-state index in [0.717, 1.165) is 11.8 Å². The molecule has 0 spiro atoms. The van der Waals surface area contributed by atoms with Crippen molar-refractivity contribution in [1.82, 2.24) is 0 Å². The molecular weight excluding hydrogens is 380 g/mol. The highest BCUT2D eigenvalue weighted by molar-refractivity contribution is 7.89. The number of sulfonamides is 1. The van der Waals surface area contributed by atoms with Crippen LogP contribution in [0.25, 0.3) is 0 Å². The highest BCUT2D eigenvalue weighted by Gasteiger charge is 2.25. The first-order valence-electron chi connectivity index (χ1n) is 7.83. The van der Waals surface area contributed by atoms with E-state index in [1.807, 2.05) is 24.3 Å². The lowest BCUT2D eigenvalue weighted by Crippen LogP contribution is -2.47. The van der Waals surface area contributed by atoms with Crippen LogP contribution < -0.4 is 14.9 Å². The molecule has 2 aromatic rings. The number of para-hydroxylation sites is 1. The molecule has 0 atom stereocenters. The van der Waals surface area contributed by atoms with Crippen LogP contribution in [0.4, 0.5) is 17.1 Å². The van der Waals surface area contributed by atoms with Gasteiger partial charge in [0.15, 0.2) is 0 Å². The molecule has 26 heavy (non-hydrogen) atoms. The summed E-state index contributed by atoms with van der Waals surface area (Å²) in [5.74, 6) is 0. The van der Waals surface area contributed by atoms with Gasteiger partial charge in [-0.1, -0.05) is 23.7 Å². The number of non-ortho nitro benzene ring substituents is 1. The molecule has 138 valence electrons. The number of nitro groups is 1. The van der Waals surface area contributed by atoms with Gasteiger partial charge in [-0.15, -0.1) is 0 Å². The zero-order valence-corrected chi connectivity index (χ0v) is 15.3. The van der Waals surface area contributed by atoms with Crippen molar-refractivity contribution in [3.05, 3.63) is 57.6 Å². The molecule has 0 radical (unpaired) electrons. The second kappa shape index (κ2) is 7.10. The van der Waals surface area contributed by atoms with Gasteiger partial charge in [0.1, 0.15) is 4.90 Å². The van der Waals surface area contributed by atoms with Crippen molar-refractivity contribution < 1.29 is 13.3 Å². The summed E-state index contributed by atoms with van der Waals surface area (Å²) < 4.78 is 23.7. The lowest BCUT2D eigenvalue weighted by molar-refractivity contribution is -0.384. The summed E-state index contributed by atoms with van der Waals surface area (Å²) in [4.78, 5) is 14.3. The lowest BCUT2D eigenvalue weighted by atomic mass is 10.2.